The van der Waals surface area contributed by atoms with Gasteiger partial charge in [-0.25, -0.2) is 4.79 Å². The first-order valence-electron chi connectivity index (χ1n) is 14.4. The molecule has 1 fully saturated rings. The predicted molar refractivity (Wildman–Crippen MR) is 161 cm³/mol. The maximum Gasteiger partial charge on any atom is 0.408 e. The van der Waals surface area contributed by atoms with Gasteiger partial charge >= 0.3 is 6.09 Å². The molecule has 0 spiro atoms. The number of ether oxygens (including phenoxy) is 1. The van der Waals surface area contributed by atoms with Crippen LogP contribution in [0.1, 0.15) is 71.9 Å². The van der Waals surface area contributed by atoms with E-state index in [0.717, 1.165) is 30.0 Å². The van der Waals surface area contributed by atoms with Crippen LogP contribution in [0.2, 0.25) is 0 Å². The lowest BCUT2D eigenvalue weighted by Gasteiger charge is -2.44. The molecule has 0 radical (unpaired) electrons. The number of hydrogen-bond donors (Lipinski definition) is 3. The Bertz CT molecular complexity index is 1380. The highest BCUT2D eigenvalue weighted by Gasteiger charge is 2.43. The van der Waals surface area contributed by atoms with Gasteiger partial charge in [-0.2, -0.15) is 0 Å². The third-order valence-corrected chi connectivity index (χ3v) is 7.63. The van der Waals surface area contributed by atoms with E-state index in [9.17, 15) is 19.5 Å². The monoisotopic (exact) mass is 559 g/mol. The molecule has 218 valence electrons. The molecule has 1 saturated carbocycles. The molecular weight excluding hydrogens is 518 g/mol. The Morgan fingerprint density at radius 1 is 1.00 bits per heavy atom. The van der Waals surface area contributed by atoms with Crippen molar-refractivity contribution in [2.75, 3.05) is 5.32 Å². The second-order valence-electron chi connectivity index (χ2n) is 11.9. The number of hydrogen-bond acceptors (Lipinski definition) is 5. The highest BCUT2D eigenvalue weighted by Crippen LogP contribution is 2.36. The van der Waals surface area contributed by atoms with Crippen LogP contribution in [-0.2, 0) is 14.3 Å². The smallest absolute Gasteiger partial charge is 0.408 e. The molecule has 0 heterocycles. The van der Waals surface area contributed by atoms with E-state index in [4.69, 9.17) is 4.74 Å². The zero-order valence-electron chi connectivity index (χ0n) is 24.5. The van der Waals surface area contributed by atoms with Crippen LogP contribution in [-0.4, -0.2) is 45.6 Å². The number of carbonyl (C=O) groups is 3. The zero-order chi connectivity index (χ0) is 29.7. The minimum Gasteiger partial charge on any atom is -0.508 e. The number of anilines is 1. The third-order valence-electron chi connectivity index (χ3n) is 7.63. The van der Waals surface area contributed by atoms with Gasteiger partial charge < -0.3 is 25.4 Å². The number of phenolic OH excluding ortho intramolecular Hbond substituents is 1. The second kappa shape index (κ2) is 12.6. The van der Waals surface area contributed by atoms with E-state index in [1.807, 2.05) is 56.3 Å². The van der Waals surface area contributed by atoms with Crippen molar-refractivity contribution in [2.24, 2.45) is 5.92 Å². The van der Waals surface area contributed by atoms with Gasteiger partial charge in [0.05, 0.1) is 0 Å². The molecule has 8 nitrogen and oxygen atoms in total. The van der Waals surface area contributed by atoms with Crippen molar-refractivity contribution in [3.8, 4) is 5.75 Å². The number of rotatable bonds is 9. The summed E-state index contributed by atoms with van der Waals surface area (Å²) in [5.41, 5.74) is 0.458. The molecule has 4 rings (SSSR count). The highest BCUT2D eigenvalue weighted by atomic mass is 16.6. The largest absolute Gasteiger partial charge is 0.508 e. The van der Waals surface area contributed by atoms with Crippen LogP contribution in [0.25, 0.3) is 10.8 Å². The molecule has 8 heteroatoms. The van der Waals surface area contributed by atoms with E-state index in [-0.39, 0.29) is 29.5 Å². The van der Waals surface area contributed by atoms with Crippen molar-refractivity contribution in [1.82, 2.24) is 10.2 Å². The van der Waals surface area contributed by atoms with Crippen molar-refractivity contribution in [3.63, 3.8) is 0 Å². The molecule has 3 N–H and O–H groups in total. The molecule has 0 aliphatic heterocycles. The SMILES string of the molecule is CCC(C)C(NC(=O)OC(C)(C)C)C(=O)N(C1CCC1)C(C(=O)Nc1ccc2ccccc2c1)c1ccc(O)cc1. The van der Waals surface area contributed by atoms with Crippen molar-refractivity contribution in [2.45, 2.75) is 84.0 Å². The Labute approximate surface area is 242 Å². The number of nitrogens with zero attached hydrogens (tertiary/aromatic N) is 1. The maximum absolute atomic E-state index is 14.4. The summed E-state index contributed by atoms with van der Waals surface area (Å²) in [5.74, 6) is -0.845. The molecule has 1 aliphatic rings. The van der Waals surface area contributed by atoms with Gasteiger partial charge in [-0.05, 0) is 86.6 Å². The average Bonchev–Trinajstić information content (AvgIpc) is 2.89. The summed E-state index contributed by atoms with van der Waals surface area (Å²) >= 11 is 0. The van der Waals surface area contributed by atoms with Gasteiger partial charge in [0.25, 0.3) is 5.91 Å². The summed E-state index contributed by atoms with van der Waals surface area (Å²) in [7, 11) is 0. The van der Waals surface area contributed by atoms with Crippen molar-refractivity contribution in [1.29, 1.82) is 0 Å². The van der Waals surface area contributed by atoms with Crippen LogP contribution in [0.4, 0.5) is 10.5 Å². The van der Waals surface area contributed by atoms with E-state index >= 15 is 0 Å². The van der Waals surface area contributed by atoms with Gasteiger partial charge in [-0.3, -0.25) is 9.59 Å². The van der Waals surface area contributed by atoms with E-state index < -0.39 is 23.8 Å². The van der Waals surface area contributed by atoms with Crippen LogP contribution in [0.5, 0.6) is 5.75 Å². The number of nitrogens with one attached hydrogen (secondary N) is 2. The van der Waals surface area contributed by atoms with Gasteiger partial charge in [0.1, 0.15) is 23.4 Å². The second-order valence-corrected chi connectivity index (χ2v) is 11.9. The van der Waals surface area contributed by atoms with Crippen molar-refractivity contribution >= 4 is 34.4 Å². The van der Waals surface area contributed by atoms with Gasteiger partial charge in [-0.1, -0.05) is 62.7 Å². The summed E-state index contributed by atoms with van der Waals surface area (Å²) in [5, 5.41) is 17.8. The Balaban J connectivity index is 1.72. The van der Waals surface area contributed by atoms with Crippen LogP contribution in [0.3, 0.4) is 0 Å². The maximum atomic E-state index is 14.4. The van der Waals surface area contributed by atoms with Crippen LogP contribution in [0, 0.1) is 5.92 Å². The summed E-state index contributed by atoms with van der Waals surface area (Å²) in [6, 6.07) is 17.9. The topological polar surface area (TPSA) is 108 Å². The molecule has 3 atom stereocenters. The van der Waals surface area contributed by atoms with Gasteiger partial charge in [-0.15, -0.1) is 0 Å². The van der Waals surface area contributed by atoms with Crippen LogP contribution < -0.4 is 10.6 Å². The number of benzene rings is 3. The summed E-state index contributed by atoms with van der Waals surface area (Å²) in [6.45, 7) is 9.17. The fourth-order valence-electron chi connectivity index (χ4n) is 5.03. The number of fused-ring (bicyclic) bond motifs is 1. The first kappa shape index (κ1) is 29.9. The highest BCUT2D eigenvalue weighted by molar-refractivity contribution is 6.00. The molecule has 41 heavy (non-hydrogen) atoms. The minimum absolute atomic E-state index is 0.0630. The lowest BCUT2D eigenvalue weighted by molar-refractivity contribution is -0.147. The standard InChI is InChI=1S/C33H41N3O5/c1-6-21(2)28(35-32(40)41-33(3,4)5)31(39)36(26-12-9-13-26)29(23-15-18-27(37)19-16-23)30(38)34-25-17-14-22-10-7-8-11-24(22)20-25/h7-8,10-11,14-21,26,28-29,37H,6,9,12-13H2,1-5H3,(H,34,38)(H,35,40). The number of phenols is 1. The van der Waals surface area contributed by atoms with Crippen LogP contribution in [0.15, 0.2) is 66.7 Å². The number of carbonyl (C=O) groups excluding carboxylic acids is 3. The van der Waals surface area contributed by atoms with Crippen molar-refractivity contribution < 1.29 is 24.2 Å². The molecule has 0 bridgehead atoms. The van der Waals surface area contributed by atoms with E-state index in [0.29, 0.717) is 17.7 Å². The Hall–Kier alpha value is -4.07. The summed E-state index contributed by atoms with van der Waals surface area (Å²) in [4.78, 5) is 43.0. The van der Waals surface area contributed by atoms with Gasteiger partial charge in [0, 0.05) is 11.7 Å². The Kier molecular flexibility index (Phi) is 9.21. The number of alkyl carbamates (subject to hydrolysis) is 1. The molecule has 3 amide bonds. The normalized spacial score (nSPS) is 15.7. The third kappa shape index (κ3) is 7.37. The van der Waals surface area contributed by atoms with E-state index in [2.05, 4.69) is 10.6 Å². The predicted octanol–water partition coefficient (Wildman–Crippen LogP) is 6.55. The molecule has 3 aromatic rings. The first-order valence-corrected chi connectivity index (χ1v) is 14.4. The lowest BCUT2D eigenvalue weighted by Crippen LogP contribution is -2.58. The number of amides is 3. The Morgan fingerprint density at radius 2 is 1.66 bits per heavy atom. The first-order chi connectivity index (χ1) is 19.5. The van der Waals surface area contributed by atoms with Gasteiger partial charge in [0.15, 0.2) is 0 Å². The van der Waals surface area contributed by atoms with Crippen molar-refractivity contribution in [3.05, 3.63) is 72.3 Å². The van der Waals surface area contributed by atoms with Gasteiger partial charge in [0.2, 0.25) is 5.91 Å². The fourth-order valence-corrected chi connectivity index (χ4v) is 5.03. The minimum atomic E-state index is -0.980. The zero-order valence-corrected chi connectivity index (χ0v) is 24.5. The molecule has 1 aliphatic carbocycles. The molecule has 0 saturated heterocycles. The van der Waals surface area contributed by atoms with E-state index in [1.165, 1.54) is 12.1 Å². The fraction of sp³-hybridized carbons (Fsp3) is 0.424. The summed E-state index contributed by atoms with van der Waals surface area (Å²) < 4.78 is 5.49. The Morgan fingerprint density at radius 3 is 2.24 bits per heavy atom. The summed E-state index contributed by atoms with van der Waals surface area (Å²) in [6.07, 6.45) is 2.41. The molecular formula is C33H41N3O5. The average molecular weight is 560 g/mol. The molecule has 0 aromatic heterocycles. The quantitative estimate of drug-likeness (QED) is 0.276. The molecule has 3 aromatic carbocycles. The number of aromatic hydroxyl groups is 1. The van der Waals surface area contributed by atoms with Crippen LogP contribution >= 0.6 is 0 Å². The van der Waals surface area contributed by atoms with E-state index in [1.54, 1.807) is 37.8 Å². The lowest BCUT2D eigenvalue weighted by atomic mass is 9.86. The molecule has 3 unspecified atom stereocenters.